The average molecular weight is 255 g/mol. The van der Waals surface area contributed by atoms with Gasteiger partial charge in [-0.2, -0.15) is 0 Å². The number of carbonyl (C=O) groups excluding carboxylic acids is 1. The summed E-state index contributed by atoms with van der Waals surface area (Å²) < 4.78 is 10.9. The first-order valence-corrected chi connectivity index (χ1v) is 7.05. The van der Waals surface area contributed by atoms with Gasteiger partial charge in [-0.1, -0.05) is 12.8 Å². The molecule has 4 nitrogen and oxygen atoms in total. The Hall–Kier alpha value is -0.450. The molecule has 1 heterocycles. The molecule has 1 aliphatic carbocycles. The second kappa shape index (κ2) is 6.64. The highest BCUT2D eigenvalue weighted by molar-refractivity contribution is 5.81. The maximum absolute atomic E-state index is 12.0. The summed E-state index contributed by atoms with van der Waals surface area (Å²) in [4.78, 5) is 14.3. The molecule has 1 saturated carbocycles. The number of carbonyl (C=O) groups is 1. The molecule has 1 saturated heterocycles. The minimum atomic E-state index is 0.149. The van der Waals surface area contributed by atoms with Gasteiger partial charge >= 0.3 is 0 Å². The third kappa shape index (κ3) is 3.31. The van der Waals surface area contributed by atoms with Crippen LogP contribution < -0.4 is 0 Å². The Morgan fingerprint density at radius 3 is 2.39 bits per heavy atom. The van der Waals surface area contributed by atoms with Crippen molar-refractivity contribution in [3.05, 3.63) is 0 Å². The lowest BCUT2D eigenvalue weighted by Crippen LogP contribution is -2.32. The van der Waals surface area contributed by atoms with Crippen LogP contribution in [0.15, 0.2) is 0 Å². The molecule has 2 fully saturated rings. The zero-order valence-electron chi connectivity index (χ0n) is 11.6. The van der Waals surface area contributed by atoms with Gasteiger partial charge in [0, 0.05) is 46.2 Å². The van der Waals surface area contributed by atoms with Crippen LogP contribution in [0.25, 0.3) is 0 Å². The summed E-state index contributed by atoms with van der Waals surface area (Å²) in [6.07, 6.45) is 5.63. The Balaban J connectivity index is 1.87. The number of rotatable bonds is 4. The number of nitrogens with zero attached hydrogens (tertiary/aromatic N) is 1. The number of ether oxygens (including phenoxy) is 2. The van der Waals surface area contributed by atoms with E-state index in [2.05, 4.69) is 4.90 Å². The molecule has 0 aromatic heterocycles. The Bertz CT molecular complexity index is 270. The third-order valence-corrected chi connectivity index (χ3v) is 4.31. The van der Waals surface area contributed by atoms with Gasteiger partial charge in [0.1, 0.15) is 5.78 Å². The third-order valence-electron chi connectivity index (χ3n) is 4.31. The predicted molar refractivity (Wildman–Crippen MR) is 69.6 cm³/mol. The van der Waals surface area contributed by atoms with Crippen LogP contribution in [0.1, 0.15) is 32.1 Å². The molecular weight excluding hydrogens is 230 g/mol. The number of hydrogen-bond acceptors (Lipinski definition) is 4. The molecule has 4 heteroatoms. The molecular formula is C14H25NO3. The molecule has 0 N–H and O–H groups in total. The molecule has 1 aliphatic heterocycles. The van der Waals surface area contributed by atoms with Crippen molar-refractivity contribution in [3.63, 3.8) is 0 Å². The fraction of sp³-hybridized carbons (Fsp3) is 0.929. The van der Waals surface area contributed by atoms with Crippen molar-refractivity contribution in [2.24, 2.45) is 5.92 Å². The van der Waals surface area contributed by atoms with Crippen molar-refractivity contribution in [2.75, 3.05) is 33.9 Å². The second-order valence-electron chi connectivity index (χ2n) is 5.53. The highest BCUT2D eigenvalue weighted by Crippen LogP contribution is 2.23. The SMILES string of the molecule is COC1CN(CC2CCCCCC2=O)CC1OC. The van der Waals surface area contributed by atoms with Crippen LogP contribution in [-0.2, 0) is 14.3 Å². The van der Waals surface area contributed by atoms with Crippen LogP contribution in [0.2, 0.25) is 0 Å². The Kier molecular flexibility index (Phi) is 5.15. The maximum atomic E-state index is 12.0. The van der Waals surface area contributed by atoms with Gasteiger partial charge in [0.25, 0.3) is 0 Å². The lowest BCUT2D eigenvalue weighted by molar-refractivity contribution is -0.123. The number of Topliss-reactive ketones (excluding diaryl/α,β-unsaturated/α-hetero) is 1. The fourth-order valence-electron chi connectivity index (χ4n) is 3.16. The second-order valence-corrected chi connectivity index (χ2v) is 5.53. The normalized spacial score (nSPS) is 34.8. The van der Waals surface area contributed by atoms with Gasteiger partial charge in [-0.25, -0.2) is 0 Å². The molecule has 3 atom stereocenters. The molecule has 2 rings (SSSR count). The number of hydrogen-bond donors (Lipinski definition) is 0. The molecule has 2 aliphatic rings. The van der Waals surface area contributed by atoms with Gasteiger partial charge in [0.2, 0.25) is 0 Å². The van der Waals surface area contributed by atoms with Gasteiger partial charge in [-0.05, 0) is 12.8 Å². The summed E-state index contributed by atoms with van der Waals surface area (Å²) in [7, 11) is 3.47. The fourth-order valence-corrected chi connectivity index (χ4v) is 3.16. The lowest BCUT2D eigenvalue weighted by atomic mass is 9.98. The van der Waals surface area contributed by atoms with E-state index < -0.39 is 0 Å². The topological polar surface area (TPSA) is 38.8 Å². The van der Waals surface area contributed by atoms with E-state index >= 15 is 0 Å². The van der Waals surface area contributed by atoms with Crippen molar-refractivity contribution in [3.8, 4) is 0 Å². The molecule has 3 unspecified atom stereocenters. The summed E-state index contributed by atoms with van der Waals surface area (Å²) >= 11 is 0. The molecule has 0 spiro atoms. The molecule has 18 heavy (non-hydrogen) atoms. The first-order chi connectivity index (χ1) is 8.74. The van der Waals surface area contributed by atoms with Crippen LogP contribution in [-0.4, -0.2) is 56.7 Å². The molecule has 0 radical (unpaired) electrons. The van der Waals surface area contributed by atoms with E-state index in [9.17, 15) is 4.79 Å². The first-order valence-electron chi connectivity index (χ1n) is 7.05. The van der Waals surface area contributed by atoms with Crippen LogP contribution in [0, 0.1) is 5.92 Å². The summed E-state index contributed by atoms with van der Waals surface area (Å²) in [5.41, 5.74) is 0. The minimum Gasteiger partial charge on any atom is -0.377 e. The van der Waals surface area contributed by atoms with Crippen molar-refractivity contribution < 1.29 is 14.3 Å². The van der Waals surface area contributed by atoms with E-state index in [0.717, 1.165) is 38.9 Å². The van der Waals surface area contributed by atoms with Gasteiger partial charge < -0.3 is 9.47 Å². The van der Waals surface area contributed by atoms with Crippen LogP contribution in [0.5, 0.6) is 0 Å². The van der Waals surface area contributed by atoms with Crippen molar-refractivity contribution in [1.29, 1.82) is 0 Å². The summed E-state index contributed by atoms with van der Waals surface area (Å²) in [6, 6.07) is 0. The standard InChI is InChI=1S/C14H25NO3/c1-17-13-9-15(10-14(13)18-2)8-11-6-4-3-5-7-12(11)16/h11,13-14H,3-10H2,1-2H3. The largest absolute Gasteiger partial charge is 0.377 e. The van der Waals surface area contributed by atoms with Gasteiger partial charge in [-0.3, -0.25) is 9.69 Å². The monoisotopic (exact) mass is 255 g/mol. The highest BCUT2D eigenvalue weighted by Gasteiger charge is 2.35. The minimum absolute atomic E-state index is 0.149. The summed E-state index contributed by atoms with van der Waals surface area (Å²) in [5.74, 6) is 0.697. The zero-order valence-corrected chi connectivity index (χ0v) is 11.6. The number of likely N-dealkylation sites (tertiary alicyclic amines) is 1. The summed E-state index contributed by atoms with van der Waals surface area (Å²) in [6.45, 7) is 2.66. The van der Waals surface area contributed by atoms with Crippen molar-refractivity contribution in [2.45, 2.75) is 44.3 Å². The van der Waals surface area contributed by atoms with Crippen molar-refractivity contribution in [1.82, 2.24) is 4.90 Å². The average Bonchev–Trinajstić information content (AvgIpc) is 2.67. The molecule has 0 aromatic rings. The van der Waals surface area contributed by atoms with E-state index in [1.807, 2.05) is 0 Å². The Labute approximate surface area is 110 Å². The Morgan fingerprint density at radius 1 is 1.11 bits per heavy atom. The molecule has 0 bridgehead atoms. The van der Waals surface area contributed by atoms with E-state index in [-0.39, 0.29) is 18.1 Å². The van der Waals surface area contributed by atoms with E-state index in [1.54, 1.807) is 14.2 Å². The van der Waals surface area contributed by atoms with Crippen molar-refractivity contribution >= 4 is 5.78 Å². The summed E-state index contributed by atoms with van der Waals surface area (Å²) in [5, 5.41) is 0. The number of methoxy groups -OCH3 is 2. The van der Waals surface area contributed by atoms with Gasteiger partial charge in [0.15, 0.2) is 0 Å². The zero-order chi connectivity index (χ0) is 13.0. The predicted octanol–water partition coefficient (Wildman–Crippen LogP) is 1.48. The van der Waals surface area contributed by atoms with E-state index in [1.165, 1.54) is 12.8 Å². The highest BCUT2D eigenvalue weighted by atomic mass is 16.5. The molecule has 0 aromatic carbocycles. The quantitative estimate of drug-likeness (QED) is 0.713. The van der Waals surface area contributed by atoms with Crippen LogP contribution >= 0.6 is 0 Å². The Morgan fingerprint density at radius 2 is 1.78 bits per heavy atom. The van der Waals surface area contributed by atoms with Gasteiger partial charge in [-0.15, -0.1) is 0 Å². The van der Waals surface area contributed by atoms with E-state index in [4.69, 9.17) is 9.47 Å². The maximum Gasteiger partial charge on any atom is 0.137 e. The lowest BCUT2D eigenvalue weighted by Gasteiger charge is -2.21. The molecule has 0 amide bonds. The van der Waals surface area contributed by atoms with Gasteiger partial charge in [0.05, 0.1) is 12.2 Å². The van der Waals surface area contributed by atoms with Crippen LogP contribution in [0.4, 0.5) is 0 Å². The smallest absolute Gasteiger partial charge is 0.137 e. The first kappa shape index (κ1) is 14.0. The van der Waals surface area contributed by atoms with E-state index in [0.29, 0.717) is 5.78 Å². The van der Waals surface area contributed by atoms with Crippen LogP contribution in [0.3, 0.4) is 0 Å². The molecule has 104 valence electrons. The number of ketones is 1.